The quantitative estimate of drug-likeness (QED) is 0.891. The van der Waals surface area contributed by atoms with Crippen molar-refractivity contribution in [2.45, 2.75) is 12.5 Å². The van der Waals surface area contributed by atoms with E-state index in [2.05, 4.69) is 15.3 Å². The van der Waals surface area contributed by atoms with E-state index in [0.29, 0.717) is 23.9 Å². The van der Waals surface area contributed by atoms with Gasteiger partial charge in [0.15, 0.2) is 9.84 Å². The van der Waals surface area contributed by atoms with Gasteiger partial charge in [0.2, 0.25) is 5.95 Å². The average molecular weight is 371 g/mol. The minimum absolute atomic E-state index is 0.00411. The zero-order valence-electron chi connectivity index (χ0n) is 12.9. The third kappa shape index (κ3) is 3.76. The van der Waals surface area contributed by atoms with Crippen LogP contribution >= 0.6 is 11.6 Å². The van der Waals surface area contributed by atoms with Gasteiger partial charge in [0, 0.05) is 25.0 Å². The average Bonchev–Trinajstić information content (AvgIpc) is 2.90. The van der Waals surface area contributed by atoms with Crippen LogP contribution in [0.1, 0.15) is 6.42 Å². The molecule has 0 spiro atoms. The van der Waals surface area contributed by atoms with Gasteiger partial charge < -0.3 is 10.2 Å². The van der Waals surface area contributed by atoms with Crippen molar-refractivity contribution in [2.24, 2.45) is 0 Å². The third-order valence-electron chi connectivity index (χ3n) is 3.93. The summed E-state index contributed by atoms with van der Waals surface area (Å²) in [6.45, 7) is 0. The van der Waals surface area contributed by atoms with Gasteiger partial charge >= 0.3 is 0 Å². The summed E-state index contributed by atoms with van der Waals surface area (Å²) in [4.78, 5) is 10.3. The number of halogens is 2. The van der Waals surface area contributed by atoms with Gasteiger partial charge in [-0.05, 0) is 30.7 Å². The zero-order valence-corrected chi connectivity index (χ0v) is 14.5. The molecule has 0 saturated carbocycles. The highest BCUT2D eigenvalue weighted by molar-refractivity contribution is 7.91. The Morgan fingerprint density at radius 3 is 2.83 bits per heavy atom. The second-order valence-corrected chi connectivity index (χ2v) is 8.30. The van der Waals surface area contributed by atoms with Crippen molar-refractivity contribution in [3.05, 3.63) is 41.3 Å². The molecule has 6 nitrogen and oxygen atoms in total. The van der Waals surface area contributed by atoms with Crippen LogP contribution in [0.4, 0.5) is 21.8 Å². The predicted molar refractivity (Wildman–Crippen MR) is 92.2 cm³/mol. The number of benzene rings is 1. The summed E-state index contributed by atoms with van der Waals surface area (Å²) in [5, 5.41) is 2.96. The normalized spacial score (nSPS) is 19.2. The van der Waals surface area contributed by atoms with Gasteiger partial charge in [-0.25, -0.2) is 17.8 Å². The summed E-state index contributed by atoms with van der Waals surface area (Å²) >= 11 is 5.75. The number of sulfone groups is 1. The van der Waals surface area contributed by atoms with Gasteiger partial charge in [-0.15, -0.1) is 0 Å². The van der Waals surface area contributed by atoms with Crippen molar-refractivity contribution in [1.82, 2.24) is 9.97 Å². The van der Waals surface area contributed by atoms with Crippen LogP contribution in [-0.2, 0) is 9.84 Å². The molecule has 0 amide bonds. The number of hydrogen-bond acceptors (Lipinski definition) is 6. The fourth-order valence-corrected chi connectivity index (χ4v) is 4.53. The van der Waals surface area contributed by atoms with Gasteiger partial charge in [-0.2, -0.15) is 4.98 Å². The van der Waals surface area contributed by atoms with Gasteiger partial charge in [0.05, 0.1) is 16.5 Å². The lowest BCUT2D eigenvalue weighted by Crippen LogP contribution is -2.33. The molecular formula is C15H16ClFN4O2S. The topological polar surface area (TPSA) is 75.2 Å². The molecule has 3 rings (SSSR count). The largest absolute Gasteiger partial charge is 0.355 e. The molecule has 0 bridgehead atoms. The molecule has 1 aromatic heterocycles. The molecule has 128 valence electrons. The minimum atomic E-state index is -2.97. The van der Waals surface area contributed by atoms with Crippen LogP contribution in [0.5, 0.6) is 0 Å². The van der Waals surface area contributed by atoms with Crippen LogP contribution in [0.25, 0.3) is 0 Å². The summed E-state index contributed by atoms with van der Waals surface area (Å²) in [6, 6.07) is 5.85. The maximum absolute atomic E-state index is 13.2. The van der Waals surface area contributed by atoms with Crippen molar-refractivity contribution >= 4 is 38.9 Å². The van der Waals surface area contributed by atoms with Crippen LogP contribution < -0.4 is 10.2 Å². The lowest BCUT2D eigenvalue weighted by atomic mass is 10.2. The van der Waals surface area contributed by atoms with Gasteiger partial charge in [0.25, 0.3) is 0 Å². The molecule has 1 aliphatic rings. The van der Waals surface area contributed by atoms with E-state index in [1.165, 1.54) is 18.2 Å². The lowest BCUT2D eigenvalue weighted by Gasteiger charge is -2.24. The van der Waals surface area contributed by atoms with Crippen LogP contribution in [0.15, 0.2) is 30.5 Å². The highest BCUT2D eigenvalue weighted by Crippen LogP contribution is 2.24. The van der Waals surface area contributed by atoms with E-state index in [4.69, 9.17) is 11.6 Å². The lowest BCUT2D eigenvalue weighted by molar-refractivity contribution is 0.600. The highest BCUT2D eigenvalue weighted by Gasteiger charge is 2.31. The SMILES string of the molecule is CN(c1ccnc(Nc2ccc(F)c(Cl)c2)n1)C1CCS(=O)(=O)C1. The summed E-state index contributed by atoms with van der Waals surface area (Å²) in [6.07, 6.45) is 2.16. The molecule has 1 aliphatic heterocycles. The predicted octanol–water partition coefficient (Wildman–Crippen LogP) is 2.64. The first-order valence-electron chi connectivity index (χ1n) is 7.32. The summed E-state index contributed by atoms with van der Waals surface area (Å²) in [5.74, 6) is 0.764. The highest BCUT2D eigenvalue weighted by atomic mass is 35.5. The van der Waals surface area contributed by atoms with Crippen LogP contribution in [0.3, 0.4) is 0 Å². The number of rotatable bonds is 4. The Hall–Kier alpha value is -1.93. The van der Waals surface area contributed by atoms with Crippen molar-refractivity contribution in [1.29, 1.82) is 0 Å². The molecule has 1 atom stereocenters. The molecule has 0 aliphatic carbocycles. The Morgan fingerprint density at radius 2 is 2.17 bits per heavy atom. The Morgan fingerprint density at radius 1 is 1.38 bits per heavy atom. The van der Waals surface area contributed by atoms with E-state index in [0.717, 1.165) is 0 Å². The Balaban J connectivity index is 1.77. The zero-order chi connectivity index (χ0) is 17.3. The summed E-state index contributed by atoms with van der Waals surface area (Å²) in [5.41, 5.74) is 0.560. The van der Waals surface area contributed by atoms with Gasteiger partial charge in [-0.3, -0.25) is 0 Å². The maximum atomic E-state index is 13.2. The van der Waals surface area contributed by atoms with E-state index >= 15 is 0 Å². The first-order valence-corrected chi connectivity index (χ1v) is 9.52. The molecular weight excluding hydrogens is 355 g/mol. The first-order chi connectivity index (χ1) is 11.3. The van der Waals surface area contributed by atoms with Crippen molar-refractivity contribution in [2.75, 3.05) is 28.8 Å². The second kappa shape index (κ2) is 6.52. The first kappa shape index (κ1) is 16.9. The minimum Gasteiger partial charge on any atom is -0.355 e. The number of nitrogens with one attached hydrogen (secondary N) is 1. The standard InChI is InChI=1S/C15H16ClFN4O2S/c1-21(11-5-7-24(22,23)9-11)14-4-6-18-15(20-14)19-10-2-3-13(17)12(16)8-10/h2-4,6,8,11H,5,7,9H2,1H3,(H,18,19,20). The molecule has 0 radical (unpaired) electrons. The van der Waals surface area contributed by atoms with E-state index in [1.54, 1.807) is 12.3 Å². The number of nitrogens with zero attached hydrogens (tertiary/aromatic N) is 3. The Kier molecular flexibility index (Phi) is 4.60. The molecule has 9 heteroatoms. The molecule has 1 saturated heterocycles. The fourth-order valence-electron chi connectivity index (χ4n) is 2.58. The Bertz CT molecular complexity index is 862. The van der Waals surface area contributed by atoms with E-state index in [1.807, 2.05) is 11.9 Å². The number of anilines is 3. The smallest absolute Gasteiger partial charge is 0.229 e. The summed E-state index contributed by atoms with van der Waals surface area (Å²) in [7, 11) is -1.15. The molecule has 1 fully saturated rings. The Labute approximate surface area is 144 Å². The molecule has 1 unspecified atom stereocenters. The van der Waals surface area contributed by atoms with Crippen LogP contribution in [-0.4, -0.2) is 43.0 Å². The van der Waals surface area contributed by atoms with Gasteiger partial charge in [-0.1, -0.05) is 11.6 Å². The summed E-state index contributed by atoms with van der Waals surface area (Å²) < 4.78 is 36.5. The molecule has 1 N–H and O–H groups in total. The van der Waals surface area contributed by atoms with Crippen molar-refractivity contribution in [3.63, 3.8) is 0 Å². The van der Waals surface area contributed by atoms with Crippen molar-refractivity contribution in [3.8, 4) is 0 Å². The van der Waals surface area contributed by atoms with Crippen LogP contribution in [0.2, 0.25) is 5.02 Å². The molecule has 24 heavy (non-hydrogen) atoms. The van der Waals surface area contributed by atoms with E-state index in [-0.39, 0.29) is 22.6 Å². The fraction of sp³-hybridized carbons (Fsp3) is 0.333. The molecule has 2 heterocycles. The van der Waals surface area contributed by atoms with E-state index in [9.17, 15) is 12.8 Å². The molecule has 1 aromatic carbocycles. The second-order valence-electron chi connectivity index (χ2n) is 5.66. The third-order valence-corrected chi connectivity index (χ3v) is 5.97. The van der Waals surface area contributed by atoms with Gasteiger partial charge in [0.1, 0.15) is 11.6 Å². The molecule has 2 aromatic rings. The maximum Gasteiger partial charge on any atom is 0.229 e. The number of aromatic nitrogens is 2. The monoisotopic (exact) mass is 370 g/mol. The van der Waals surface area contributed by atoms with Crippen molar-refractivity contribution < 1.29 is 12.8 Å². The number of hydrogen-bond donors (Lipinski definition) is 1. The van der Waals surface area contributed by atoms with Crippen LogP contribution in [0, 0.1) is 5.82 Å². The van der Waals surface area contributed by atoms with E-state index < -0.39 is 15.7 Å².